The van der Waals surface area contributed by atoms with Crippen LogP contribution in [0.25, 0.3) is 10.9 Å². The molecule has 0 unspecified atom stereocenters. The summed E-state index contributed by atoms with van der Waals surface area (Å²) in [7, 11) is 0. The van der Waals surface area contributed by atoms with Crippen molar-refractivity contribution in [2.24, 2.45) is 5.10 Å². The van der Waals surface area contributed by atoms with Crippen LogP contribution >= 0.6 is 11.6 Å². The van der Waals surface area contributed by atoms with Gasteiger partial charge in [0.25, 0.3) is 5.91 Å². The molecule has 4 nitrogen and oxygen atoms in total. The van der Waals surface area contributed by atoms with E-state index in [0.29, 0.717) is 10.6 Å². The molecule has 0 saturated heterocycles. The molecule has 0 aliphatic carbocycles. The van der Waals surface area contributed by atoms with Crippen molar-refractivity contribution in [2.45, 2.75) is 20.4 Å². The molecule has 3 aromatic rings. The van der Waals surface area contributed by atoms with Crippen LogP contribution in [0.4, 0.5) is 0 Å². The largest absolute Gasteiger partial charge is 0.344 e. The second kappa shape index (κ2) is 6.89. The molecule has 0 fully saturated rings. The number of nitrogens with one attached hydrogen (secondary N) is 1. The Labute approximate surface area is 145 Å². The van der Waals surface area contributed by atoms with Crippen molar-refractivity contribution < 1.29 is 4.79 Å². The number of carbonyl (C=O) groups is 1. The van der Waals surface area contributed by atoms with Crippen LogP contribution in [0.2, 0.25) is 5.02 Å². The summed E-state index contributed by atoms with van der Waals surface area (Å²) in [6, 6.07) is 15.1. The minimum absolute atomic E-state index is 0.325. The fourth-order valence-corrected chi connectivity index (χ4v) is 3.11. The summed E-state index contributed by atoms with van der Waals surface area (Å²) >= 11 is 6.02. The average molecular weight is 340 g/mol. The highest BCUT2D eigenvalue weighted by molar-refractivity contribution is 6.33. The van der Waals surface area contributed by atoms with Crippen LogP contribution in [0.1, 0.15) is 28.5 Å². The molecule has 2 aromatic carbocycles. The first-order valence-corrected chi connectivity index (χ1v) is 8.17. The van der Waals surface area contributed by atoms with Crippen LogP contribution < -0.4 is 5.43 Å². The predicted octanol–water partition coefficient (Wildman–Crippen LogP) is 4.39. The van der Waals surface area contributed by atoms with Gasteiger partial charge in [0.2, 0.25) is 0 Å². The summed E-state index contributed by atoms with van der Waals surface area (Å²) in [5.74, 6) is -0.325. The molecule has 0 aliphatic heterocycles. The maximum atomic E-state index is 12.2. The highest BCUT2D eigenvalue weighted by atomic mass is 35.5. The smallest absolute Gasteiger partial charge is 0.272 e. The maximum absolute atomic E-state index is 12.2. The number of para-hydroxylation sites is 1. The molecule has 1 N–H and O–H groups in total. The maximum Gasteiger partial charge on any atom is 0.272 e. The van der Waals surface area contributed by atoms with E-state index in [4.69, 9.17) is 11.6 Å². The molecule has 1 heterocycles. The van der Waals surface area contributed by atoms with E-state index in [2.05, 4.69) is 41.1 Å². The zero-order valence-electron chi connectivity index (χ0n) is 13.6. The first kappa shape index (κ1) is 16.3. The molecule has 122 valence electrons. The van der Waals surface area contributed by atoms with Crippen molar-refractivity contribution in [3.63, 3.8) is 0 Å². The van der Waals surface area contributed by atoms with Gasteiger partial charge in [-0.25, -0.2) is 5.43 Å². The Kier molecular flexibility index (Phi) is 4.67. The molecular weight excluding hydrogens is 322 g/mol. The number of rotatable bonds is 4. The van der Waals surface area contributed by atoms with Crippen molar-refractivity contribution in [2.75, 3.05) is 0 Å². The van der Waals surface area contributed by atoms with Crippen LogP contribution in [-0.2, 0) is 6.54 Å². The summed E-state index contributed by atoms with van der Waals surface area (Å²) in [6.07, 6.45) is 1.69. The van der Waals surface area contributed by atoms with Crippen LogP contribution in [0, 0.1) is 6.92 Å². The lowest BCUT2D eigenvalue weighted by atomic mass is 10.1. The molecule has 0 spiro atoms. The summed E-state index contributed by atoms with van der Waals surface area (Å²) in [6.45, 7) is 5.05. The standard InChI is InChI=1S/C19H18ClN3O/c1-3-23-13(2)16(14-8-5-7-11-18(14)23)12-21-22-19(24)15-9-4-6-10-17(15)20/h4-12H,3H2,1-2H3,(H,22,24)/b21-12-. The molecule has 0 aliphatic rings. The van der Waals surface area contributed by atoms with Gasteiger partial charge in [0.15, 0.2) is 0 Å². The van der Waals surface area contributed by atoms with Crippen LogP contribution in [0.15, 0.2) is 53.6 Å². The summed E-state index contributed by atoms with van der Waals surface area (Å²) < 4.78 is 2.23. The number of benzene rings is 2. The molecule has 24 heavy (non-hydrogen) atoms. The third-order valence-corrected chi connectivity index (χ3v) is 4.40. The Balaban J connectivity index is 1.88. The number of amides is 1. The number of hydrogen-bond donors (Lipinski definition) is 1. The fraction of sp³-hybridized carbons (Fsp3) is 0.158. The molecular formula is C19H18ClN3O. The van der Waals surface area contributed by atoms with Gasteiger partial charge in [-0.2, -0.15) is 5.10 Å². The van der Waals surface area contributed by atoms with Gasteiger partial charge in [0.1, 0.15) is 0 Å². The number of carbonyl (C=O) groups excluding carboxylic acids is 1. The van der Waals surface area contributed by atoms with Gasteiger partial charge >= 0.3 is 0 Å². The Morgan fingerprint density at radius 1 is 1.21 bits per heavy atom. The van der Waals surface area contributed by atoms with Crippen molar-refractivity contribution in [3.8, 4) is 0 Å². The lowest BCUT2D eigenvalue weighted by molar-refractivity contribution is 0.0955. The Morgan fingerprint density at radius 3 is 2.67 bits per heavy atom. The zero-order valence-corrected chi connectivity index (χ0v) is 14.3. The topological polar surface area (TPSA) is 46.4 Å². The Morgan fingerprint density at radius 2 is 1.92 bits per heavy atom. The quantitative estimate of drug-likeness (QED) is 0.556. The molecule has 0 atom stereocenters. The number of hydrazone groups is 1. The summed E-state index contributed by atoms with van der Waals surface area (Å²) in [5, 5.41) is 5.65. The Hall–Kier alpha value is -2.59. The molecule has 0 bridgehead atoms. The third-order valence-electron chi connectivity index (χ3n) is 4.07. The van der Waals surface area contributed by atoms with E-state index < -0.39 is 0 Å². The number of hydrogen-bond acceptors (Lipinski definition) is 2. The van der Waals surface area contributed by atoms with Gasteiger partial charge in [-0.3, -0.25) is 4.79 Å². The number of aromatic nitrogens is 1. The van der Waals surface area contributed by atoms with Crippen LogP contribution in [0.5, 0.6) is 0 Å². The van der Waals surface area contributed by atoms with Gasteiger partial charge in [0.05, 0.1) is 16.8 Å². The minimum atomic E-state index is -0.325. The second-order valence-corrected chi connectivity index (χ2v) is 5.85. The van der Waals surface area contributed by atoms with Gasteiger partial charge < -0.3 is 4.57 Å². The van der Waals surface area contributed by atoms with E-state index in [0.717, 1.165) is 28.7 Å². The third kappa shape index (κ3) is 2.93. The van der Waals surface area contributed by atoms with Crippen molar-refractivity contribution in [3.05, 3.63) is 70.4 Å². The summed E-state index contributed by atoms with van der Waals surface area (Å²) in [5.41, 5.74) is 6.24. The molecule has 1 amide bonds. The van der Waals surface area contributed by atoms with Crippen molar-refractivity contribution >= 4 is 34.6 Å². The van der Waals surface area contributed by atoms with Gasteiger partial charge in [-0.15, -0.1) is 0 Å². The Bertz CT molecular complexity index is 928. The molecule has 0 saturated carbocycles. The molecule has 5 heteroatoms. The molecule has 1 aromatic heterocycles. The number of fused-ring (bicyclic) bond motifs is 1. The van der Waals surface area contributed by atoms with Gasteiger partial charge in [0, 0.05) is 28.7 Å². The lowest BCUT2D eigenvalue weighted by Crippen LogP contribution is -2.18. The predicted molar refractivity (Wildman–Crippen MR) is 98.9 cm³/mol. The highest BCUT2D eigenvalue weighted by Crippen LogP contribution is 2.24. The number of aryl methyl sites for hydroxylation is 1. The number of halogens is 1. The number of nitrogens with zero attached hydrogens (tertiary/aromatic N) is 2. The van der Waals surface area contributed by atoms with Gasteiger partial charge in [-0.1, -0.05) is 41.9 Å². The van der Waals surface area contributed by atoms with Crippen LogP contribution in [0.3, 0.4) is 0 Å². The van der Waals surface area contributed by atoms with E-state index in [-0.39, 0.29) is 5.91 Å². The first-order valence-electron chi connectivity index (χ1n) is 7.79. The van der Waals surface area contributed by atoms with E-state index in [1.165, 1.54) is 0 Å². The average Bonchev–Trinajstić information content (AvgIpc) is 2.86. The summed E-state index contributed by atoms with van der Waals surface area (Å²) in [4.78, 5) is 12.2. The van der Waals surface area contributed by atoms with E-state index >= 15 is 0 Å². The van der Waals surface area contributed by atoms with Crippen molar-refractivity contribution in [1.29, 1.82) is 0 Å². The zero-order chi connectivity index (χ0) is 17.1. The second-order valence-electron chi connectivity index (χ2n) is 5.44. The molecule has 3 rings (SSSR count). The molecule has 0 radical (unpaired) electrons. The normalized spacial score (nSPS) is 11.3. The minimum Gasteiger partial charge on any atom is -0.344 e. The highest BCUT2D eigenvalue weighted by Gasteiger charge is 2.11. The fourth-order valence-electron chi connectivity index (χ4n) is 2.89. The van der Waals surface area contributed by atoms with E-state index in [1.54, 1.807) is 30.5 Å². The lowest BCUT2D eigenvalue weighted by Gasteiger charge is -2.03. The first-order chi connectivity index (χ1) is 11.6. The van der Waals surface area contributed by atoms with Crippen molar-refractivity contribution in [1.82, 2.24) is 9.99 Å². The SMILES string of the molecule is CCn1c(C)c(/C=N\NC(=O)c2ccccc2Cl)c2ccccc21. The van der Waals surface area contributed by atoms with Crippen LogP contribution in [-0.4, -0.2) is 16.7 Å². The van der Waals surface area contributed by atoms with E-state index in [9.17, 15) is 4.79 Å². The van der Waals surface area contributed by atoms with Gasteiger partial charge in [-0.05, 0) is 32.0 Å². The van der Waals surface area contributed by atoms with E-state index in [1.807, 2.05) is 12.1 Å². The monoisotopic (exact) mass is 339 g/mol.